The van der Waals surface area contributed by atoms with Crippen LogP contribution in [0.4, 0.5) is 11.6 Å². The minimum Gasteiger partial charge on any atom is -0.465 e. The van der Waals surface area contributed by atoms with E-state index < -0.39 is 5.97 Å². The maximum Gasteiger partial charge on any atom is 0.345 e. The van der Waals surface area contributed by atoms with Crippen LogP contribution in [0.5, 0.6) is 0 Å². The van der Waals surface area contributed by atoms with E-state index in [0.717, 1.165) is 0 Å². The fourth-order valence-corrected chi connectivity index (χ4v) is 1.54. The third kappa shape index (κ3) is 2.51. The lowest BCUT2D eigenvalue weighted by Gasteiger charge is -2.20. The van der Waals surface area contributed by atoms with Crippen molar-refractivity contribution in [2.45, 2.75) is 33.2 Å². The van der Waals surface area contributed by atoms with Crippen molar-refractivity contribution in [3.05, 3.63) is 5.56 Å². The van der Waals surface area contributed by atoms with Gasteiger partial charge in [0.15, 0.2) is 5.82 Å². The molecule has 0 amide bonds. The Hall–Kier alpha value is -1.72. The second-order valence-electron chi connectivity index (χ2n) is 4.71. The van der Waals surface area contributed by atoms with Crippen molar-refractivity contribution in [3.63, 3.8) is 0 Å². The zero-order valence-electron chi connectivity index (χ0n) is 11.0. The number of hydrogen-bond donors (Lipinski definition) is 2. The number of methoxy groups -OCH3 is 1. The molecule has 0 bridgehead atoms. The Kier molecular flexibility index (Phi) is 3.65. The summed E-state index contributed by atoms with van der Waals surface area (Å²) >= 11 is 0. The van der Waals surface area contributed by atoms with Gasteiger partial charge in [-0.2, -0.15) is 5.10 Å². The Labute approximate surface area is 101 Å². The van der Waals surface area contributed by atoms with E-state index in [1.54, 1.807) is 4.68 Å². The second-order valence-corrected chi connectivity index (χ2v) is 4.71. The lowest BCUT2D eigenvalue weighted by Crippen LogP contribution is -2.25. The number of ether oxygens (including phenoxy) is 1. The SMILES string of the molecule is CCNc1nn(C(C)(C)C)c(N)c1C(=O)OC. The molecule has 96 valence electrons. The van der Waals surface area contributed by atoms with Gasteiger partial charge in [0.25, 0.3) is 0 Å². The Morgan fingerprint density at radius 2 is 2.12 bits per heavy atom. The third-order valence-electron chi connectivity index (χ3n) is 2.29. The van der Waals surface area contributed by atoms with Crippen molar-refractivity contribution < 1.29 is 9.53 Å². The van der Waals surface area contributed by atoms with Crippen molar-refractivity contribution in [1.29, 1.82) is 0 Å². The highest BCUT2D eigenvalue weighted by Crippen LogP contribution is 2.27. The van der Waals surface area contributed by atoms with E-state index >= 15 is 0 Å². The summed E-state index contributed by atoms with van der Waals surface area (Å²) in [4.78, 5) is 11.7. The van der Waals surface area contributed by atoms with Crippen LogP contribution in [0.3, 0.4) is 0 Å². The van der Waals surface area contributed by atoms with Crippen molar-refractivity contribution >= 4 is 17.6 Å². The standard InChI is InChI=1S/C11H20N4O2/c1-6-13-9-7(10(16)17-5)8(12)15(14-9)11(2,3)4/h6,12H2,1-5H3,(H,13,14). The number of carbonyl (C=O) groups is 1. The Morgan fingerprint density at radius 1 is 1.53 bits per heavy atom. The monoisotopic (exact) mass is 240 g/mol. The molecular formula is C11H20N4O2. The number of carbonyl (C=O) groups excluding carboxylic acids is 1. The highest BCUT2D eigenvalue weighted by atomic mass is 16.5. The summed E-state index contributed by atoms with van der Waals surface area (Å²) in [6.45, 7) is 8.48. The van der Waals surface area contributed by atoms with Crippen LogP contribution in [-0.2, 0) is 10.3 Å². The lowest BCUT2D eigenvalue weighted by molar-refractivity contribution is 0.0603. The topological polar surface area (TPSA) is 82.2 Å². The molecule has 0 aliphatic rings. The van der Waals surface area contributed by atoms with Crippen LogP contribution in [0.15, 0.2) is 0 Å². The Bertz CT molecular complexity index is 418. The molecule has 3 N–H and O–H groups in total. The van der Waals surface area contributed by atoms with Gasteiger partial charge >= 0.3 is 5.97 Å². The summed E-state index contributed by atoms with van der Waals surface area (Å²) in [6, 6.07) is 0. The minimum absolute atomic E-state index is 0.291. The van der Waals surface area contributed by atoms with Gasteiger partial charge in [-0.05, 0) is 27.7 Å². The molecule has 0 unspecified atom stereocenters. The number of nitrogens with two attached hydrogens (primary N) is 1. The van der Waals surface area contributed by atoms with Gasteiger partial charge in [0.05, 0.1) is 12.6 Å². The fourth-order valence-electron chi connectivity index (χ4n) is 1.54. The van der Waals surface area contributed by atoms with Crippen LogP contribution in [-0.4, -0.2) is 29.4 Å². The van der Waals surface area contributed by atoms with Gasteiger partial charge in [-0.3, -0.25) is 0 Å². The molecule has 17 heavy (non-hydrogen) atoms. The van der Waals surface area contributed by atoms with Crippen molar-refractivity contribution in [1.82, 2.24) is 9.78 Å². The number of nitrogen functional groups attached to an aromatic ring is 1. The van der Waals surface area contributed by atoms with Gasteiger partial charge in [0.1, 0.15) is 11.4 Å². The van der Waals surface area contributed by atoms with E-state index in [9.17, 15) is 4.79 Å². The first-order valence-corrected chi connectivity index (χ1v) is 5.54. The first-order chi connectivity index (χ1) is 7.82. The van der Waals surface area contributed by atoms with Crippen LogP contribution in [0, 0.1) is 0 Å². The van der Waals surface area contributed by atoms with Crippen LogP contribution in [0.25, 0.3) is 0 Å². The van der Waals surface area contributed by atoms with Gasteiger partial charge < -0.3 is 15.8 Å². The van der Waals surface area contributed by atoms with Crippen LogP contribution in [0.1, 0.15) is 38.1 Å². The van der Waals surface area contributed by atoms with E-state index in [1.807, 2.05) is 27.7 Å². The van der Waals surface area contributed by atoms with E-state index in [1.165, 1.54) is 7.11 Å². The molecule has 1 heterocycles. The molecule has 1 rings (SSSR count). The number of aromatic nitrogens is 2. The molecule has 6 nitrogen and oxygen atoms in total. The van der Waals surface area contributed by atoms with Crippen LogP contribution >= 0.6 is 0 Å². The summed E-state index contributed by atoms with van der Waals surface area (Å²) in [5.74, 6) is 0.307. The van der Waals surface area contributed by atoms with Gasteiger partial charge in [-0.15, -0.1) is 0 Å². The minimum atomic E-state index is -0.478. The number of hydrogen-bond acceptors (Lipinski definition) is 5. The molecular weight excluding hydrogens is 220 g/mol. The van der Waals surface area contributed by atoms with Gasteiger partial charge in [0.2, 0.25) is 0 Å². The number of nitrogens with one attached hydrogen (secondary N) is 1. The zero-order chi connectivity index (χ0) is 13.2. The number of anilines is 2. The maximum atomic E-state index is 11.7. The molecule has 0 spiro atoms. The zero-order valence-corrected chi connectivity index (χ0v) is 11.0. The summed E-state index contributed by atoms with van der Waals surface area (Å²) in [6.07, 6.45) is 0. The van der Waals surface area contributed by atoms with Crippen molar-refractivity contribution in [2.75, 3.05) is 24.7 Å². The number of nitrogens with zero attached hydrogens (tertiary/aromatic N) is 2. The predicted molar refractivity (Wildman–Crippen MR) is 67.1 cm³/mol. The average molecular weight is 240 g/mol. The fraction of sp³-hybridized carbons (Fsp3) is 0.636. The molecule has 0 aromatic carbocycles. The van der Waals surface area contributed by atoms with Crippen molar-refractivity contribution in [2.24, 2.45) is 0 Å². The molecule has 0 atom stereocenters. The first kappa shape index (κ1) is 13.3. The average Bonchev–Trinajstić information content (AvgIpc) is 2.55. The Morgan fingerprint density at radius 3 is 2.53 bits per heavy atom. The van der Waals surface area contributed by atoms with Gasteiger partial charge in [-0.25, -0.2) is 9.48 Å². The first-order valence-electron chi connectivity index (χ1n) is 5.54. The molecule has 0 fully saturated rings. The molecule has 6 heteroatoms. The molecule has 0 aliphatic carbocycles. The molecule has 1 aromatic rings. The second kappa shape index (κ2) is 4.65. The van der Waals surface area contributed by atoms with E-state index in [0.29, 0.717) is 23.7 Å². The quantitative estimate of drug-likeness (QED) is 0.781. The molecule has 0 radical (unpaired) electrons. The normalized spacial score (nSPS) is 11.4. The largest absolute Gasteiger partial charge is 0.465 e. The van der Waals surface area contributed by atoms with E-state index in [4.69, 9.17) is 10.5 Å². The summed E-state index contributed by atoms with van der Waals surface area (Å²) in [7, 11) is 1.33. The Balaban J connectivity index is 3.35. The summed E-state index contributed by atoms with van der Waals surface area (Å²) in [5.41, 5.74) is 5.96. The number of esters is 1. The van der Waals surface area contributed by atoms with E-state index in [2.05, 4.69) is 10.4 Å². The molecule has 0 saturated carbocycles. The number of rotatable bonds is 3. The predicted octanol–water partition coefficient (Wildman–Crippen LogP) is 1.44. The smallest absolute Gasteiger partial charge is 0.345 e. The maximum absolute atomic E-state index is 11.7. The van der Waals surface area contributed by atoms with Gasteiger partial charge in [-0.1, -0.05) is 0 Å². The van der Waals surface area contributed by atoms with Gasteiger partial charge in [0, 0.05) is 6.54 Å². The molecule has 0 saturated heterocycles. The highest BCUT2D eigenvalue weighted by molar-refractivity contribution is 5.99. The van der Waals surface area contributed by atoms with Crippen LogP contribution in [0.2, 0.25) is 0 Å². The summed E-state index contributed by atoms with van der Waals surface area (Å²) < 4.78 is 6.34. The molecule has 1 aromatic heterocycles. The molecule has 0 aliphatic heterocycles. The highest BCUT2D eigenvalue weighted by Gasteiger charge is 2.27. The van der Waals surface area contributed by atoms with E-state index in [-0.39, 0.29) is 5.54 Å². The van der Waals surface area contributed by atoms with Crippen LogP contribution < -0.4 is 11.1 Å². The van der Waals surface area contributed by atoms with Crippen molar-refractivity contribution in [3.8, 4) is 0 Å². The third-order valence-corrected chi connectivity index (χ3v) is 2.29. The lowest BCUT2D eigenvalue weighted by atomic mass is 10.1. The summed E-state index contributed by atoms with van der Waals surface area (Å²) in [5, 5.41) is 7.33.